The van der Waals surface area contributed by atoms with Gasteiger partial charge >= 0.3 is 13.5 Å². The number of H-pyrrole nitrogens is 1. The molecule has 10 nitrogen and oxygen atoms in total. The number of phosphoric acid groups is 1. The summed E-state index contributed by atoms with van der Waals surface area (Å²) in [6.45, 7) is 0. The summed E-state index contributed by atoms with van der Waals surface area (Å²) in [5.74, 6) is -1.20. The molecule has 2 aliphatic rings. The van der Waals surface area contributed by atoms with E-state index in [4.69, 9.17) is 19.0 Å². The monoisotopic (exact) mass is 352 g/mol. The molecule has 0 amide bonds. The largest absolute Gasteiger partial charge is 0.470 e. The first-order chi connectivity index (χ1) is 10.6. The van der Waals surface area contributed by atoms with E-state index in [9.17, 15) is 23.7 Å². The zero-order valence-electron chi connectivity index (χ0n) is 11.6. The highest BCUT2D eigenvalue weighted by Gasteiger charge is 2.60. The Morgan fingerprint density at radius 1 is 1.43 bits per heavy atom. The van der Waals surface area contributed by atoms with E-state index in [0.717, 1.165) is 4.57 Å². The van der Waals surface area contributed by atoms with E-state index in [1.54, 1.807) is 4.98 Å². The summed E-state index contributed by atoms with van der Waals surface area (Å²) in [7, 11) is -4.79. The Hall–Kier alpha value is -1.36. The maximum Gasteiger partial charge on any atom is 0.470 e. The van der Waals surface area contributed by atoms with Crippen LogP contribution in [0.3, 0.4) is 0 Å². The third-order valence-electron chi connectivity index (χ3n) is 3.89. The second kappa shape index (κ2) is 5.33. The molecule has 0 radical (unpaired) electrons. The maximum absolute atomic E-state index is 13.3. The van der Waals surface area contributed by atoms with Gasteiger partial charge in [-0.05, 0) is 12.8 Å². The van der Waals surface area contributed by atoms with Crippen molar-refractivity contribution >= 4 is 7.82 Å². The van der Waals surface area contributed by atoms with Crippen molar-refractivity contribution in [3.05, 3.63) is 32.9 Å². The van der Waals surface area contributed by atoms with Crippen molar-refractivity contribution in [1.29, 1.82) is 0 Å². The van der Waals surface area contributed by atoms with E-state index < -0.39 is 48.9 Å². The molecule has 0 spiro atoms. The number of hydrogen-bond donors (Lipinski definition) is 4. The van der Waals surface area contributed by atoms with Gasteiger partial charge in [0.05, 0.1) is 12.3 Å². The van der Waals surface area contributed by atoms with Crippen molar-refractivity contribution in [2.45, 2.75) is 43.3 Å². The van der Waals surface area contributed by atoms with E-state index in [0.29, 0.717) is 6.20 Å². The number of aromatic amines is 1. The van der Waals surface area contributed by atoms with E-state index >= 15 is 0 Å². The number of halogens is 1. The average molecular weight is 352 g/mol. The summed E-state index contributed by atoms with van der Waals surface area (Å²) in [6.07, 6.45) is -2.28. The molecule has 12 heteroatoms. The molecule has 1 aliphatic heterocycles. The molecule has 0 bridgehead atoms. The number of hydrogen-bond acceptors (Lipinski definition) is 6. The van der Waals surface area contributed by atoms with Gasteiger partial charge in [0.1, 0.15) is 17.9 Å². The van der Waals surface area contributed by atoms with Gasteiger partial charge in [0.25, 0.3) is 5.56 Å². The molecular weight excluding hydrogens is 338 g/mol. The van der Waals surface area contributed by atoms with Gasteiger partial charge in [-0.2, -0.15) is 4.39 Å². The standard InChI is InChI=1S/C11H14FN2O8P/c12-5-4-14(10(17)13-9(5)16)7-3-6(15)8(21-7)11(1-2-11)22-23(18,19)20/h4,6-8,15H,1-3H2,(H,13,16,17)(H2,18,19,20)/t6-,7+,8-/m0/s1. The van der Waals surface area contributed by atoms with Gasteiger partial charge in [-0.15, -0.1) is 0 Å². The van der Waals surface area contributed by atoms with E-state index in [-0.39, 0.29) is 19.3 Å². The van der Waals surface area contributed by atoms with Gasteiger partial charge in [-0.3, -0.25) is 18.9 Å². The summed E-state index contributed by atoms with van der Waals surface area (Å²) >= 11 is 0. The van der Waals surface area contributed by atoms with E-state index in [1.165, 1.54) is 0 Å². The van der Waals surface area contributed by atoms with Crippen LogP contribution in [0.15, 0.2) is 15.8 Å². The van der Waals surface area contributed by atoms with E-state index in [1.807, 2.05) is 0 Å². The first-order valence-corrected chi connectivity index (χ1v) is 8.25. The summed E-state index contributed by atoms with van der Waals surface area (Å²) in [5, 5.41) is 10.1. The zero-order valence-corrected chi connectivity index (χ0v) is 12.5. The van der Waals surface area contributed by atoms with Crippen LogP contribution in [0.4, 0.5) is 4.39 Å². The van der Waals surface area contributed by atoms with Crippen LogP contribution in [-0.2, 0) is 13.8 Å². The third kappa shape index (κ3) is 3.16. The minimum absolute atomic E-state index is 0.123. The predicted octanol–water partition coefficient (Wildman–Crippen LogP) is -1.03. The second-order valence-electron chi connectivity index (χ2n) is 5.60. The van der Waals surface area contributed by atoms with Gasteiger partial charge in [0.15, 0.2) is 0 Å². The zero-order chi connectivity index (χ0) is 17.0. The highest BCUT2D eigenvalue weighted by Crippen LogP contribution is 2.57. The van der Waals surface area contributed by atoms with E-state index in [2.05, 4.69) is 0 Å². The topological polar surface area (TPSA) is 151 Å². The quantitative estimate of drug-likeness (QED) is 0.502. The second-order valence-corrected chi connectivity index (χ2v) is 6.77. The fourth-order valence-electron chi connectivity index (χ4n) is 2.76. The molecule has 128 valence electrons. The SMILES string of the molecule is O=c1[nH]c(=O)n([C@H]2C[C@H](O)[C@@H](C3(OP(=O)(O)O)CC3)O2)cc1F. The van der Waals surface area contributed by atoms with Crippen molar-refractivity contribution in [3.63, 3.8) is 0 Å². The van der Waals surface area contributed by atoms with Crippen molar-refractivity contribution in [3.8, 4) is 0 Å². The van der Waals surface area contributed by atoms with Gasteiger partial charge < -0.3 is 19.6 Å². The Labute approximate surface area is 127 Å². The third-order valence-corrected chi connectivity index (χ3v) is 4.49. The maximum atomic E-state index is 13.3. The van der Waals surface area contributed by atoms with Crippen LogP contribution < -0.4 is 11.2 Å². The summed E-state index contributed by atoms with van der Waals surface area (Å²) in [6, 6.07) is 0. The number of ether oxygens (including phenoxy) is 1. The normalized spacial score (nSPS) is 29.7. The molecule has 1 aromatic heterocycles. The lowest BCUT2D eigenvalue weighted by Crippen LogP contribution is -2.38. The first-order valence-electron chi connectivity index (χ1n) is 6.72. The van der Waals surface area contributed by atoms with Crippen LogP contribution in [0.25, 0.3) is 0 Å². The lowest BCUT2D eigenvalue weighted by molar-refractivity contribution is -0.0921. The highest BCUT2D eigenvalue weighted by molar-refractivity contribution is 7.46. The average Bonchev–Trinajstić information content (AvgIpc) is 3.05. The molecule has 4 N–H and O–H groups in total. The smallest absolute Gasteiger partial charge is 0.390 e. The molecule has 3 rings (SSSR count). The lowest BCUT2D eigenvalue weighted by Gasteiger charge is -2.25. The molecular formula is C11H14FN2O8P. The summed E-state index contributed by atoms with van der Waals surface area (Å²) < 4.78 is 35.3. The molecule has 0 aromatic carbocycles. The Morgan fingerprint density at radius 3 is 2.65 bits per heavy atom. The molecule has 2 fully saturated rings. The number of aliphatic hydroxyl groups excluding tert-OH is 1. The van der Waals surface area contributed by atoms with Crippen LogP contribution in [0, 0.1) is 5.82 Å². The number of aromatic nitrogens is 2. The Bertz CT molecular complexity index is 781. The minimum atomic E-state index is -4.79. The molecule has 0 unspecified atom stereocenters. The molecule has 23 heavy (non-hydrogen) atoms. The van der Waals surface area contributed by atoms with Gasteiger partial charge in [0, 0.05) is 6.42 Å². The molecule has 2 heterocycles. The number of rotatable bonds is 4. The van der Waals surface area contributed by atoms with Crippen molar-refractivity contribution in [2.24, 2.45) is 0 Å². The number of phosphoric ester groups is 1. The van der Waals surface area contributed by atoms with Crippen LogP contribution >= 0.6 is 7.82 Å². The Balaban J connectivity index is 1.85. The first kappa shape index (κ1) is 16.5. The van der Waals surface area contributed by atoms with Crippen molar-refractivity contribution < 1.29 is 33.1 Å². The number of aliphatic hydroxyl groups is 1. The molecule has 1 aromatic rings. The minimum Gasteiger partial charge on any atom is -0.390 e. The fraction of sp³-hybridized carbons (Fsp3) is 0.636. The van der Waals surface area contributed by atoms with Crippen LogP contribution in [-0.4, -0.2) is 42.3 Å². The predicted molar refractivity (Wildman–Crippen MR) is 70.9 cm³/mol. The molecule has 1 saturated carbocycles. The van der Waals surface area contributed by atoms with Gasteiger partial charge in [-0.1, -0.05) is 0 Å². The number of nitrogens with one attached hydrogen (secondary N) is 1. The molecule has 1 saturated heterocycles. The van der Waals surface area contributed by atoms with Crippen molar-refractivity contribution in [1.82, 2.24) is 9.55 Å². The van der Waals surface area contributed by atoms with Crippen LogP contribution in [0.5, 0.6) is 0 Å². The van der Waals surface area contributed by atoms with Crippen molar-refractivity contribution in [2.75, 3.05) is 0 Å². The summed E-state index contributed by atoms with van der Waals surface area (Å²) in [4.78, 5) is 42.4. The Kier molecular flexibility index (Phi) is 3.82. The Morgan fingerprint density at radius 2 is 2.09 bits per heavy atom. The fourth-order valence-corrected chi connectivity index (χ4v) is 3.52. The highest BCUT2D eigenvalue weighted by atomic mass is 31.2. The summed E-state index contributed by atoms with van der Waals surface area (Å²) in [5.41, 5.74) is -3.43. The molecule has 3 atom stereocenters. The molecule has 1 aliphatic carbocycles. The van der Waals surface area contributed by atoms with Crippen LogP contribution in [0.1, 0.15) is 25.5 Å². The van der Waals surface area contributed by atoms with Gasteiger partial charge in [0.2, 0.25) is 5.82 Å². The lowest BCUT2D eigenvalue weighted by atomic mass is 10.1. The van der Waals surface area contributed by atoms with Gasteiger partial charge in [-0.25, -0.2) is 9.36 Å². The van der Waals surface area contributed by atoms with Crippen LogP contribution in [0.2, 0.25) is 0 Å². The number of nitrogens with zero attached hydrogens (tertiary/aromatic N) is 1.